The zero-order valence-corrected chi connectivity index (χ0v) is 11.1. The molecule has 17 heavy (non-hydrogen) atoms. The summed E-state index contributed by atoms with van der Waals surface area (Å²) in [6.45, 7) is 1.07. The lowest BCUT2D eigenvalue weighted by atomic mass is 10.2. The van der Waals surface area contributed by atoms with Crippen LogP contribution in [0.3, 0.4) is 0 Å². The summed E-state index contributed by atoms with van der Waals surface area (Å²) in [5, 5.41) is 0. The third-order valence-electron chi connectivity index (χ3n) is 2.25. The van der Waals surface area contributed by atoms with Crippen LogP contribution in [0.5, 0.6) is 5.75 Å². The van der Waals surface area contributed by atoms with Gasteiger partial charge in [0, 0.05) is 28.3 Å². The Balaban J connectivity index is 2.22. The molecule has 1 aromatic carbocycles. The minimum Gasteiger partial charge on any atom is -0.497 e. The molecule has 96 valence electrons. The summed E-state index contributed by atoms with van der Waals surface area (Å²) in [7, 11) is -0.741. The maximum absolute atomic E-state index is 11.1. The summed E-state index contributed by atoms with van der Waals surface area (Å²) < 4.78 is 28.8. The summed E-state index contributed by atoms with van der Waals surface area (Å²) in [6, 6.07) is 7.68. The Bertz CT molecular complexity index is 426. The predicted molar refractivity (Wildman–Crippen MR) is 68.9 cm³/mol. The van der Waals surface area contributed by atoms with E-state index >= 15 is 0 Å². The second kappa shape index (κ2) is 6.61. The maximum atomic E-state index is 11.1. The zero-order chi connectivity index (χ0) is 12.7. The minimum absolute atomic E-state index is 0.398. The third kappa shape index (κ3) is 6.28. The van der Waals surface area contributed by atoms with Crippen molar-refractivity contribution >= 4 is 9.73 Å². The number of rotatable bonds is 7. The highest BCUT2D eigenvalue weighted by Gasteiger charge is 1.98. The monoisotopic (exact) mass is 257 g/mol. The molecule has 0 aliphatic heterocycles. The molecule has 1 N–H and O–H groups in total. The average molecular weight is 257 g/mol. The van der Waals surface area contributed by atoms with Crippen molar-refractivity contribution in [1.29, 1.82) is 4.78 Å². The average Bonchev–Trinajstić information content (AvgIpc) is 2.28. The van der Waals surface area contributed by atoms with Crippen LogP contribution < -0.4 is 4.74 Å². The van der Waals surface area contributed by atoms with E-state index in [0.717, 1.165) is 11.3 Å². The van der Waals surface area contributed by atoms with Crippen LogP contribution in [0.2, 0.25) is 0 Å². The summed E-state index contributed by atoms with van der Waals surface area (Å²) >= 11 is 0. The van der Waals surface area contributed by atoms with E-state index in [1.54, 1.807) is 7.11 Å². The van der Waals surface area contributed by atoms with Gasteiger partial charge >= 0.3 is 0 Å². The Kier molecular flexibility index (Phi) is 5.44. The lowest BCUT2D eigenvalue weighted by Gasteiger charge is -2.05. The van der Waals surface area contributed by atoms with Crippen LogP contribution in [0.15, 0.2) is 24.3 Å². The number of nitrogens with one attached hydrogen (secondary N) is 1. The Labute approximate surface area is 103 Å². The van der Waals surface area contributed by atoms with Crippen molar-refractivity contribution in [2.75, 3.05) is 25.7 Å². The Morgan fingerprint density at radius 1 is 1.29 bits per heavy atom. The van der Waals surface area contributed by atoms with Crippen LogP contribution in [-0.2, 0) is 21.1 Å². The molecule has 0 fully saturated rings. The molecule has 0 saturated carbocycles. The van der Waals surface area contributed by atoms with Crippen molar-refractivity contribution in [2.45, 2.75) is 13.0 Å². The van der Waals surface area contributed by atoms with Gasteiger partial charge in [-0.1, -0.05) is 12.1 Å². The number of hydrogen-bond acceptors (Lipinski definition) is 4. The van der Waals surface area contributed by atoms with E-state index in [0.29, 0.717) is 25.4 Å². The van der Waals surface area contributed by atoms with Gasteiger partial charge in [-0.05, 0) is 24.1 Å². The number of benzene rings is 1. The molecule has 0 aromatic heterocycles. The van der Waals surface area contributed by atoms with Crippen LogP contribution in [0.25, 0.3) is 0 Å². The standard InChI is InChI=1S/C12H19NO3S/c1-15-12-6-4-11(5-7-12)10-16-8-3-9-17(2,13)14/h4-7,13H,3,8-10H2,1-2H3. The summed E-state index contributed by atoms with van der Waals surface area (Å²) in [5.41, 5.74) is 1.08. The SMILES string of the molecule is COc1ccc(COCCCS(C)(=N)=O)cc1. The van der Waals surface area contributed by atoms with Crippen molar-refractivity contribution in [1.82, 2.24) is 0 Å². The van der Waals surface area contributed by atoms with Gasteiger partial charge in [-0.3, -0.25) is 8.99 Å². The van der Waals surface area contributed by atoms with Gasteiger partial charge in [0.1, 0.15) is 5.75 Å². The van der Waals surface area contributed by atoms with Crippen molar-refractivity contribution in [3.8, 4) is 5.75 Å². The fraction of sp³-hybridized carbons (Fsp3) is 0.500. The van der Waals surface area contributed by atoms with Gasteiger partial charge in [-0.25, -0.2) is 0 Å². The summed E-state index contributed by atoms with van der Waals surface area (Å²) in [5.74, 6) is 1.23. The van der Waals surface area contributed by atoms with E-state index < -0.39 is 9.73 Å². The van der Waals surface area contributed by atoms with E-state index in [2.05, 4.69) is 0 Å². The molecule has 0 bridgehead atoms. The first-order valence-corrected chi connectivity index (χ1v) is 7.57. The minimum atomic E-state index is -2.37. The maximum Gasteiger partial charge on any atom is 0.118 e. The van der Waals surface area contributed by atoms with Crippen molar-refractivity contribution in [3.63, 3.8) is 0 Å². The molecular weight excluding hydrogens is 238 g/mol. The second-order valence-corrected chi connectivity index (χ2v) is 6.38. The first-order chi connectivity index (χ1) is 8.01. The quantitative estimate of drug-likeness (QED) is 0.762. The van der Waals surface area contributed by atoms with Gasteiger partial charge in [-0.2, -0.15) is 0 Å². The predicted octanol–water partition coefficient (Wildman–Crippen LogP) is 2.28. The highest BCUT2D eigenvalue weighted by Crippen LogP contribution is 2.11. The molecule has 0 amide bonds. The Morgan fingerprint density at radius 3 is 2.47 bits per heavy atom. The molecule has 1 aromatic rings. The molecule has 1 unspecified atom stereocenters. The zero-order valence-electron chi connectivity index (χ0n) is 10.3. The highest BCUT2D eigenvalue weighted by atomic mass is 32.2. The molecule has 0 spiro atoms. The van der Waals surface area contributed by atoms with E-state index in [1.165, 1.54) is 6.26 Å². The smallest absolute Gasteiger partial charge is 0.118 e. The van der Waals surface area contributed by atoms with E-state index in [9.17, 15) is 4.21 Å². The van der Waals surface area contributed by atoms with Gasteiger partial charge < -0.3 is 9.47 Å². The summed E-state index contributed by atoms with van der Waals surface area (Å²) in [6.07, 6.45) is 2.12. The molecule has 0 heterocycles. The van der Waals surface area contributed by atoms with E-state index in [1.807, 2.05) is 24.3 Å². The second-order valence-electron chi connectivity index (χ2n) is 3.96. The molecule has 0 aliphatic rings. The molecule has 0 radical (unpaired) electrons. The molecular formula is C12H19NO3S. The van der Waals surface area contributed by atoms with E-state index in [4.69, 9.17) is 14.3 Å². The Morgan fingerprint density at radius 2 is 1.94 bits per heavy atom. The number of hydrogen-bond donors (Lipinski definition) is 1. The van der Waals surface area contributed by atoms with Crippen LogP contribution in [0.1, 0.15) is 12.0 Å². The lowest BCUT2D eigenvalue weighted by molar-refractivity contribution is 0.122. The molecule has 5 heteroatoms. The Hall–Kier alpha value is -1.07. The van der Waals surface area contributed by atoms with Crippen molar-refractivity contribution in [2.24, 2.45) is 0 Å². The highest BCUT2D eigenvalue weighted by molar-refractivity contribution is 7.91. The first-order valence-electron chi connectivity index (χ1n) is 5.43. The van der Waals surface area contributed by atoms with Crippen molar-refractivity contribution in [3.05, 3.63) is 29.8 Å². The van der Waals surface area contributed by atoms with Gasteiger partial charge in [-0.15, -0.1) is 0 Å². The molecule has 4 nitrogen and oxygen atoms in total. The normalized spacial score (nSPS) is 14.2. The first kappa shape index (κ1) is 14.0. The third-order valence-corrected chi connectivity index (χ3v) is 3.32. The van der Waals surface area contributed by atoms with Gasteiger partial charge in [0.05, 0.1) is 13.7 Å². The van der Waals surface area contributed by atoms with Crippen molar-refractivity contribution < 1.29 is 13.7 Å². The van der Waals surface area contributed by atoms with Gasteiger partial charge in [0.2, 0.25) is 0 Å². The molecule has 1 atom stereocenters. The fourth-order valence-corrected chi connectivity index (χ4v) is 2.02. The largest absolute Gasteiger partial charge is 0.497 e. The van der Waals surface area contributed by atoms with Crippen LogP contribution in [-0.4, -0.2) is 29.9 Å². The molecule has 0 aliphatic carbocycles. The topological polar surface area (TPSA) is 59.4 Å². The number of ether oxygens (including phenoxy) is 2. The number of methoxy groups -OCH3 is 1. The fourth-order valence-electron chi connectivity index (χ4n) is 1.35. The van der Waals surface area contributed by atoms with Crippen LogP contribution >= 0.6 is 0 Å². The lowest BCUT2D eigenvalue weighted by Crippen LogP contribution is -2.05. The summed E-state index contributed by atoms with van der Waals surface area (Å²) in [4.78, 5) is 0. The molecule has 1 rings (SSSR count). The molecule has 0 saturated heterocycles. The van der Waals surface area contributed by atoms with Crippen LogP contribution in [0, 0.1) is 4.78 Å². The van der Waals surface area contributed by atoms with Gasteiger partial charge in [0.25, 0.3) is 0 Å². The van der Waals surface area contributed by atoms with Gasteiger partial charge in [0.15, 0.2) is 0 Å². The van der Waals surface area contributed by atoms with E-state index in [-0.39, 0.29) is 0 Å². The van der Waals surface area contributed by atoms with Crippen LogP contribution in [0.4, 0.5) is 0 Å².